The van der Waals surface area contributed by atoms with Crippen LogP contribution in [0.25, 0.3) is 0 Å². The zero-order valence-electron chi connectivity index (χ0n) is 15.6. The van der Waals surface area contributed by atoms with Crippen LogP contribution >= 0.6 is 0 Å². The summed E-state index contributed by atoms with van der Waals surface area (Å²) >= 11 is 0. The van der Waals surface area contributed by atoms with E-state index in [1.54, 1.807) is 13.8 Å². The van der Waals surface area contributed by atoms with Crippen LogP contribution in [0.5, 0.6) is 5.75 Å². The predicted molar refractivity (Wildman–Crippen MR) is 102 cm³/mol. The Morgan fingerprint density at radius 2 is 1.59 bits per heavy atom. The number of hydrogen-bond acceptors (Lipinski definition) is 5. The van der Waals surface area contributed by atoms with Gasteiger partial charge in [-0.1, -0.05) is 0 Å². The van der Waals surface area contributed by atoms with Gasteiger partial charge < -0.3 is 20.3 Å². The van der Waals surface area contributed by atoms with Crippen LogP contribution in [0.2, 0.25) is 0 Å². The van der Waals surface area contributed by atoms with Crippen molar-refractivity contribution in [3.63, 3.8) is 0 Å². The zero-order valence-corrected chi connectivity index (χ0v) is 15.6. The van der Waals surface area contributed by atoms with Gasteiger partial charge in [-0.3, -0.25) is 14.5 Å². The van der Waals surface area contributed by atoms with Crippen molar-refractivity contribution in [2.45, 2.75) is 19.4 Å². The molecule has 2 aromatic carbocycles. The summed E-state index contributed by atoms with van der Waals surface area (Å²) in [5.41, 5.74) is -0.663. The highest BCUT2D eigenvalue weighted by atomic mass is 16.5. The largest absolute Gasteiger partial charge is 0.478 e. The molecule has 0 atom stereocenters. The Kier molecular flexibility index (Phi) is 4.98. The maximum Gasteiger partial charge on any atom is 0.335 e. The quantitative estimate of drug-likeness (QED) is 0.703. The van der Waals surface area contributed by atoms with Gasteiger partial charge in [0, 0.05) is 5.69 Å². The van der Waals surface area contributed by atoms with E-state index in [2.05, 4.69) is 5.32 Å². The Bertz CT molecular complexity index is 1010. The summed E-state index contributed by atoms with van der Waals surface area (Å²) in [6.45, 7) is 2.74. The molecule has 150 valence electrons. The Hall–Kier alpha value is -3.88. The number of hydrogen-bond donors (Lipinski definition) is 3. The molecule has 3 N–H and O–H groups in total. The number of fused-ring (bicyclic) bond motifs is 1. The molecule has 3 rings (SSSR count). The number of carboxylic acid groups (broad SMARTS) is 2. The smallest absolute Gasteiger partial charge is 0.335 e. The Balaban J connectivity index is 1.85. The van der Waals surface area contributed by atoms with E-state index in [-0.39, 0.29) is 23.4 Å². The summed E-state index contributed by atoms with van der Waals surface area (Å²) in [4.78, 5) is 48.7. The Morgan fingerprint density at radius 3 is 2.17 bits per heavy atom. The number of aromatic carboxylic acids is 2. The van der Waals surface area contributed by atoms with E-state index in [9.17, 15) is 24.3 Å². The summed E-state index contributed by atoms with van der Waals surface area (Å²) in [6, 6.07) is 9.63. The molecule has 0 fully saturated rings. The van der Waals surface area contributed by atoms with Crippen molar-refractivity contribution in [2.24, 2.45) is 0 Å². The third-order valence-electron chi connectivity index (χ3n) is 4.34. The molecule has 1 aliphatic heterocycles. The highest BCUT2D eigenvalue weighted by Gasteiger charge is 2.41. The lowest BCUT2D eigenvalue weighted by molar-refractivity contribution is -0.133. The number of ether oxygens (including phenoxy) is 1. The standard InChI is InChI=1S/C20H18N2O7/c1-20(2)19(28)22(14-9-12(18(26)27)5-8-15(14)29-20)10-16(23)21-13-6-3-11(4-7-13)17(24)25/h3-9H,10H2,1-2H3,(H,21,23)(H,24,25)(H,26,27). The van der Waals surface area contributed by atoms with Crippen molar-refractivity contribution in [3.8, 4) is 5.75 Å². The van der Waals surface area contributed by atoms with Gasteiger partial charge in [-0.05, 0) is 56.3 Å². The molecule has 0 aliphatic carbocycles. The van der Waals surface area contributed by atoms with Gasteiger partial charge in [0.25, 0.3) is 5.91 Å². The Labute approximate surface area is 165 Å². The highest BCUT2D eigenvalue weighted by Crippen LogP contribution is 2.38. The van der Waals surface area contributed by atoms with E-state index in [0.717, 1.165) is 0 Å². The number of carbonyl (C=O) groups excluding carboxylic acids is 2. The van der Waals surface area contributed by atoms with Gasteiger partial charge in [0.1, 0.15) is 12.3 Å². The summed E-state index contributed by atoms with van der Waals surface area (Å²) in [6.07, 6.45) is 0. The second-order valence-corrected chi connectivity index (χ2v) is 6.92. The van der Waals surface area contributed by atoms with Crippen LogP contribution in [-0.4, -0.2) is 46.1 Å². The first-order valence-electron chi connectivity index (χ1n) is 8.60. The average Bonchev–Trinajstić information content (AvgIpc) is 2.65. The fraction of sp³-hybridized carbons (Fsp3) is 0.200. The van der Waals surface area contributed by atoms with Crippen molar-refractivity contribution >= 4 is 35.1 Å². The van der Waals surface area contributed by atoms with Crippen LogP contribution in [0.1, 0.15) is 34.6 Å². The van der Waals surface area contributed by atoms with Crippen LogP contribution < -0.4 is 15.0 Å². The minimum Gasteiger partial charge on any atom is -0.478 e. The van der Waals surface area contributed by atoms with Gasteiger partial charge in [-0.15, -0.1) is 0 Å². The molecule has 0 spiro atoms. The number of rotatable bonds is 5. The zero-order chi connectivity index (χ0) is 21.3. The SMILES string of the molecule is CC1(C)Oc2ccc(C(=O)O)cc2N(CC(=O)Nc2ccc(C(=O)O)cc2)C1=O. The number of nitrogens with zero attached hydrogens (tertiary/aromatic N) is 1. The van der Waals surface area contributed by atoms with E-state index < -0.39 is 29.4 Å². The fourth-order valence-corrected chi connectivity index (χ4v) is 2.90. The minimum absolute atomic E-state index is 0.0467. The number of carbonyl (C=O) groups is 4. The van der Waals surface area contributed by atoms with Crippen molar-refractivity contribution < 1.29 is 34.1 Å². The molecule has 2 amide bonds. The van der Waals surface area contributed by atoms with E-state index >= 15 is 0 Å². The van der Waals surface area contributed by atoms with Crippen LogP contribution in [0.4, 0.5) is 11.4 Å². The lowest BCUT2D eigenvalue weighted by Gasteiger charge is -2.38. The third kappa shape index (κ3) is 4.03. The minimum atomic E-state index is -1.23. The molecule has 0 saturated carbocycles. The summed E-state index contributed by atoms with van der Waals surface area (Å²) < 4.78 is 5.66. The van der Waals surface area contributed by atoms with Gasteiger partial charge in [0.05, 0.1) is 16.8 Å². The molecule has 0 radical (unpaired) electrons. The first-order chi connectivity index (χ1) is 13.6. The van der Waals surface area contributed by atoms with Crippen LogP contribution in [0.15, 0.2) is 42.5 Å². The first-order valence-corrected chi connectivity index (χ1v) is 8.60. The maximum atomic E-state index is 12.8. The molecule has 29 heavy (non-hydrogen) atoms. The van der Waals surface area contributed by atoms with Crippen LogP contribution in [0.3, 0.4) is 0 Å². The molecular formula is C20H18N2O7. The lowest BCUT2D eigenvalue weighted by Crippen LogP contribution is -2.54. The Morgan fingerprint density at radius 1 is 1.00 bits per heavy atom. The molecule has 0 bridgehead atoms. The van der Waals surface area contributed by atoms with E-state index in [1.807, 2.05) is 0 Å². The van der Waals surface area contributed by atoms with Crippen molar-refractivity contribution in [2.75, 3.05) is 16.8 Å². The second-order valence-electron chi connectivity index (χ2n) is 6.92. The predicted octanol–water partition coefficient (Wildman–Crippen LogP) is 2.23. The number of nitrogens with one attached hydrogen (secondary N) is 1. The number of benzene rings is 2. The van der Waals surface area contributed by atoms with Crippen LogP contribution in [0, 0.1) is 0 Å². The van der Waals surface area contributed by atoms with E-state index in [1.165, 1.54) is 47.4 Å². The number of amides is 2. The number of carboxylic acids is 2. The fourth-order valence-electron chi connectivity index (χ4n) is 2.90. The van der Waals surface area contributed by atoms with Gasteiger partial charge in [0.15, 0.2) is 5.60 Å². The van der Waals surface area contributed by atoms with Crippen molar-refractivity contribution in [1.29, 1.82) is 0 Å². The molecule has 1 aliphatic rings. The third-order valence-corrected chi connectivity index (χ3v) is 4.34. The summed E-state index contributed by atoms with van der Waals surface area (Å²) in [7, 11) is 0. The average molecular weight is 398 g/mol. The first kappa shape index (κ1) is 19.9. The summed E-state index contributed by atoms with van der Waals surface area (Å²) in [5.74, 6) is -3.00. The topological polar surface area (TPSA) is 133 Å². The van der Waals surface area contributed by atoms with Crippen molar-refractivity contribution in [1.82, 2.24) is 0 Å². The maximum absolute atomic E-state index is 12.8. The molecule has 9 heteroatoms. The normalized spacial score (nSPS) is 14.6. The molecule has 0 unspecified atom stereocenters. The van der Waals surface area contributed by atoms with Gasteiger partial charge in [-0.25, -0.2) is 9.59 Å². The molecular weight excluding hydrogens is 380 g/mol. The summed E-state index contributed by atoms with van der Waals surface area (Å²) in [5, 5.41) is 20.7. The monoisotopic (exact) mass is 398 g/mol. The van der Waals surface area contributed by atoms with Crippen LogP contribution in [-0.2, 0) is 9.59 Å². The van der Waals surface area contributed by atoms with Gasteiger partial charge >= 0.3 is 11.9 Å². The molecule has 2 aromatic rings. The lowest BCUT2D eigenvalue weighted by atomic mass is 10.0. The molecule has 0 aromatic heterocycles. The highest BCUT2D eigenvalue weighted by molar-refractivity contribution is 6.08. The molecule has 1 heterocycles. The second kappa shape index (κ2) is 7.27. The van der Waals surface area contributed by atoms with Gasteiger partial charge in [0.2, 0.25) is 5.91 Å². The number of anilines is 2. The van der Waals surface area contributed by atoms with Gasteiger partial charge in [-0.2, -0.15) is 0 Å². The van der Waals surface area contributed by atoms with E-state index in [4.69, 9.17) is 9.84 Å². The molecule has 9 nitrogen and oxygen atoms in total. The van der Waals surface area contributed by atoms with Crippen molar-refractivity contribution in [3.05, 3.63) is 53.6 Å². The molecule has 0 saturated heterocycles. The van der Waals surface area contributed by atoms with E-state index in [0.29, 0.717) is 11.4 Å².